The van der Waals surface area contributed by atoms with Gasteiger partial charge in [-0.05, 0) is 61.1 Å². The fraction of sp³-hybridized carbons (Fsp3) is 0.615. The number of nitrogens with one attached hydrogen (secondary N) is 2. The van der Waals surface area contributed by atoms with E-state index in [1.165, 1.54) is 112 Å². The van der Waals surface area contributed by atoms with E-state index >= 15 is 0 Å². The van der Waals surface area contributed by atoms with Gasteiger partial charge >= 0.3 is 0 Å². The number of aromatic nitrogens is 2. The zero-order valence-electron chi connectivity index (χ0n) is 18.4. The smallest absolute Gasteiger partial charge is 0.0416 e. The molecule has 0 saturated heterocycles. The van der Waals surface area contributed by atoms with Crippen LogP contribution in [-0.4, -0.2) is 9.97 Å². The maximum atomic E-state index is 3.49. The van der Waals surface area contributed by atoms with Gasteiger partial charge in [0.25, 0.3) is 0 Å². The highest BCUT2D eigenvalue weighted by molar-refractivity contribution is 5.88. The second-order valence-corrected chi connectivity index (χ2v) is 8.16. The molecule has 156 valence electrons. The molecule has 2 heteroatoms. The van der Waals surface area contributed by atoms with Crippen LogP contribution in [0.5, 0.6) is 0 Å². The van der Waals surface area contributed by atoms with Crippen LogP contribution in [0.15, 0.2) is 36.7 Å². The van der Waals surface area contributed by atoms with Gasteiger partial charge in [-0.1, -0.05) is 78.1 Å². The highest BCUT2D eigenvalue weighted by Crippen LogP contribution is 2.33. The lowest BCUT2D eigenvalue weighted by atomic mass is 9.92. The number of aromatic amines is 2. The van der Waals surface area contributed by atoms with Gasteiger partial charge in [0, 0.05) is 23.8 Å². The largest absolute Gasteiger partial charge is 0.361 e. The Balaban J connectivity index is 2.04. The van der Waals surface area contributed by atoms with E-state index < -0.39 is 0 Å². The first-order valence-electron chi connectivity index (χ1n) is 11.9. The molecule has 0 fully saturated rings. The molecule has 0 aliphatic heterocycles. The van der Waals surface area contributed by atoms with Crippen LogP contribution in [0.2, 0.25) is 0 Å². The van der Waals surface area contributed by atoms with Gasteiger partial charge in [-0.2, -0.15) is 0 Å². The molecule has 2 nitrogen and oxygen atoms in total. The Kier molecular flexibility index (Phi) is 11.6. The van der Waals surface area contributed by atoms with Crippen LogP contribution in [0.25, 0.3) is 11.1 Å². The van der Waals surface area contributed by atoms with E-state index in [9.17, 15) is 0 Å². The Morgan fingerprint density at radius 3 is 1.32 bits per heavy atom. The normalized spacial score (nSPS) is 12.4. The second kappa shape index (κ2) is 14.3. The lowest BCUT2D eigenvalue weighted by molar-refractivity contribution is 0.610. The average Bonchev–Trinajstić information content (AvgIpc) is 3.42. The molecule has 0 spiro atoms. The number of H-pyrrole nitrogens is 2. The summed E-state index contributed by atoms with van der Waals surface area (Å²) in [6.07, 6.45) is 22.7. The Morgan fingerprint density at radius 1 is 0.571 bits per heavy atom. The number of hydrogen-bond donors (Lipinski definition) is 2. The lowest BCUT2D eigenvalue weighted by Gasteiger charge is -2.15. The summed E-state index contributed by atoms with van der Waals surface area (Å²) in [4.78, 5) is 6.97. The summed E-state index contributed by atoms with van der Waals surface area (Å²) in [6.45, 7) is 4.58. The minimum absolute atomic E-state index is 1.18. The van der Waals surface area contributed by atoms with Crippen molar-refractivity contribution >= 4 is 11.1 Å². The monoisotopic (exact) mass is 382 g/mol. The fourth-order valence-corrected chi connectivity index (χ4v) is 4.10. The summed E-state index contributed by atoms with van der Waals surface area (Å²) in [5.74, 6) is 0. The van der Waals surface area contributed by atoms with E-state index in [0.717, 1.165) is 0 Å². The first kappa shape index (κ1) is 22.6. The molecule has 2 heterocycles. The maximum absolute atomic E-state index is 3.49. The first-order chi connectivity index (χ1) is 13.9. The van der Waals surface area contributed by atoms with Crippen molar-refractivity contribution in [1.82, 2.24) is 9.97 Å². The molecule has 2 N–H and O–H groups in total. The predicted octanol–water partition coefficient (Wildman–Crippen LogP) is 8.75. The van der Waals surface area contributed by atoms with Crippen LogP contribution in [0.1, 0.15) is 115 Å². The van der Waals surface area contributed by atoms with Crippen molar-refractivity contribution in [2.24, 2.45) is 0 Å². The topological polar surface area (TPSA) is 31.6 Å². The Bertz CT molecular complexity index is 563. The van der Waals surface area contributed by atoms with Gasteiger partial charge in [0.05, 0.1) is 0 Å². The fourth-order valence-electron chi connectivity index (χ4n) is 4.10. The van der Waals surface area contributed by atoms with E-state index in [1.54, 1.807) is 0 Å². The molecule has 0 amide bonds. The molecule has 0 aliphatic carbocycles. The molecule has 0 radical (unpaired) electrons. The summed E-state index contributed by atoms with van der Waals surface area (Å²) in [7, 11) is 0. The van der Waals surface area contributed by atoms with Crippen molar-refractivity contribution in [3.8, 4) is 0 Å². The van der Waals surface area contributed by atoms with E-state index in [0.29, 0.717) is 0 Å². The van der Waals surface area contributed by atoms with Crippen LogP contribution in [0.4, 0.5) is 0 Å². The molecule has 2 rings (SSSR count). The minimum Gasteiger partial charge on any atom is -0.361 e. The number of allylic oxidation sites excluding steroid dienone is 2. The van der Waals surface area contributed by atoms with E-state index in [-0.39, 0.29) is 0 Å². The Morgan fingerprint density at radius 2 is 0.964 bits per heavy atom. The Labute approximate surface area is 173 Å². The molecule has 28 heavy (non-hydrogen) atoms. The molecule has 2 aromatic rings. The molecular formula is C26H42N2. The minimum atomic E-state index is 1.18. The lowest BCUT2D eigenvalue weighted by Crippen LogP contribution is -1.96. The molecular weight excluding hydrogens is 340 g/mol. The van der Waals surface area contributed by atoms with Gasteiger partial charge in [0.15, 0.2) is 0 Å². The highest BCUT2D eigenvalue weighted by Gasteiger charge is 2.13. The van der Waals surface area contributed by atoms with Gasteiger partial charge in [-0.15, -0.1) is 0 Å². The number of unbranched alkanes of at least 4 members (excludes halogenated alkanes) is 10. The van der Waals surface area contributed by atoms with Crippen LogP contribution in [0.3, 0.4) is 0 Å². The molecule has 2 aromatic heterocycles. The number of rotatable bonds is 16. The van der Waals surface area contributed by atoms with E-state index in [2.05, 4.69) is 60.5 Å². The van der Waals surface area contributed by atoms with Gasteiger partial charge in [0.1, 0.15) is 0 Å². The van der Waals surface area contributed by atoms with Crippen molar-refractivity contribution in [3.05, 3.63) is 48.0 Å². The quantitative estimate of drug-likeness (QED) is 0.272. The van der Waals surface area contributed by atoms with Crippen molar-refractivity contribution in [2.75, 3.05) is 0 Å². The third-order valence-corrected chi connectivity index (χ3v) is 5.77. The second-order valence-electron chi connectivity index (χ2n) is 8.16. The van der Waals surface area contributed by atoms with Crippen LogP contribution < -0.4 is 0 Å². The predicted molar refractivity (Wildman–Crippen MR) is 124 cm³/mol. The van der Waals surface area contributed by atoms with E-state index in [4.69, 9.17) is 0 Å². The number of hydrogen-bond acceptors (Lipinski definition) is 0. The molecule has 0 atom stereocenters. The van der Waals surface area contributed by atoms with E-state index in [1.807, 2.05) is 0 Å². The SMILES string of the molecule is CCCCCCCC/C(=C(\CCCCCCCC)c1ccc[nH]1)c1ccc[nH]1. The van der Waals surface area contributed by atoms with Crippen molar-refractivity contribution < 1.29 is 0 Å². The summed E-state index contributed by atoms with van der Waals surface area (Å²) in [5, 5.41) is 0. The summed E-state index contributed by atoms with van der Waals surface area (Å²) >= 11 is 0. The van der Waals surface area contributed by atoms with Crippen molar-refractivity contribution in [1.29, 1.82) is 0 Å². The third kappa shape index (κ3) is 8.12. The van der Waals surface area contributed by atoms with Crippen LogP contribution >= 0.6 is 0 Å². The molecule has 0 bridgehead atoms. The van der Waals surface area contributed by atoms with Crippen molar-refractivity contribution in [3.63, 3.8) is 0 Å². The molecule has 0 saturated carbocycles. The average molecular weight is 383 g/mol. The third-order valence-electron chi connectivity index (χ3n) is 5.77. The highest BCUT2D eigenvalue weighted by atomic mass is 14.7. The zero-order valence-corrected chi connectivity index (χ0v) is 18.4. The Hall–Kier alpha value is -1.70. The first-order valence-corrected chi connectivity index (χ1v) is 11.9. The molecule has 0 aliphatic rings. The summed E-state index contributed by atoms with van der Waals surface area (Å²) in [5.41, 5.74) is 5.67. The van der Waals surface area contributed by atoms with Crippen molar-refractivity contribution in [2.45, 2.75) is 104 Å². The van der Waals surface area contributed by atoms with Gasteiger partial charge in [-0.3, -0.25) is 0 Å². The molecule has 0 unspecified atom stereocenters. The maximum Gasteiger partial charge on any atom is 0.0416 e. The van der Waals surface area contributed by atoms with Crippen LogP contribution in [0, 0.1) is 0 Å². The summed E-state index contributed by atoms with van der Waals surface area (Å²) in [6, 6.07) is 8.76. The van der Waals surface area contributed by atoms with Gasteiger partial charge in [-0.25, -0.2) is 0 Å². The van der Waals surface area contributed by atoms with Gasteiger partial charge in [0.2, 0.25) is 0 Å². The standard InChI is InChI=1S/C26H42N2/c1-3-5-7-9-11-13-17-23(25-19-15-21-27-25)24(26-20-16-22-28-26)18-14-12-10-8-6-4-2/h15-16,19-22,27-28H,3-14,17-18H2,1-2H3/b24-23-. The summed E-state index contributed by atoms with van der Waals surface area (Å²) < 4.78 is 0. The molecule has 0 aromatic carbocycles. The van der Waals surface area contributed by atoms with Crippen LogP contribution in [-0.2, 0) is 0 Å². The zero-order chi connectivity index (χ0) is 19.9. The van der Waals surface area contributed by atoms with Gasteiger partial charge < -0.3 is 9.97 Å².